The maximum Gasteiger partial charge on any atom is 0.335 e. The third kappa shape index (κ3) is 2.53. The van der Waals surface area contributed by atoms with Gasteiger partial charge in [0, 0.05) is 15.8 Å². The molecule has 3 rings (SSSR count). The number of carboxylic acids is 1. The van der Waals surface area contributed by atoms with Crippen molar-refractivity contribution in [2.24, 2.45) is 0 Å². The first kappa shape index (κ1) is 14.1. The minimum atomic E-state index is -0.980. The number of hydrogen-bond acceptors (Lipinski definition) is 2. The summed E-state index contributed by atoms with van der Waals surface area (Å²) in [6.07, 6.45) is 0.754. The van der Waals surface area contributed by atoms with E-state index in [4.69, 9.17) is 5.11 Å². The Morgan fingerprint density at radius 3 is 2.62 bits per heavy atom. The summed E-state index contributed by atoms with van der Waals surface area (Å²) in [5.74, 6) is -1.06. The second kappa shape index (κ2) is 5.48. The Kier molecular flexibility index (Phi) is 3.67. The van der Waals surface area contributed by atoms with Crippen LogP contribution in [0.2, 0.25) is 0 Å². The SMILES string of the molecule is O=C(O)c1ccc2c(c1)N(C(=O)c1ccccc1I)CC2. The van der Waals surface area contributed by atoms with E-state index in [1.165, 1.54) is 0 Å². The molecule has 0 saturated heterocycles. The van der Waals surface area contributed by atoms with Crippen molar-refractivity contribution in [3.05, 3.63) is 62.7 Å². The third-order valence-electron chi connectivity index (χ3n) is 3.58. The Balaban J connectivity index is 2.01. The molecule has 5 heteroatoms. The van der Waals surface area contributed by atoms with Gasteiger partial charge in [0.2, 0.25) is 0 Å². The summed E-state index contributed by atoms with van der Waals surface area (Å²) in [5, 5.41) is 9.10. The zero-order valence-electron chi connectivity index (χ0n) is 11.0. The molecule has 1 amide bonds. The molecule has 106 valence electrons. The standard InChI is InChI=1S/C16H12INO3/c17-13-4-2-1-3-12(13)15(19)18-8-7-10-5-6-11(16(20)21)9-14(10)18/h1-6,9H,7-8H2,(H,20,21). The van der Waals surface area contributed by atoms with Crippen LogP contribution in [0.25, 0.3) is 0 Å². The van der Waals surface area contributed by atoms with Gasteiger partial charge in [0.1, 0.15) is 0 Å². The highest BCUT2D eigenvalue weighted by atomic mass is 127. The van der Waals surface area contributed by atoms with Crippen molar-refractivity contribution in [1.82, 2.24) is 0 Å². The van der Waals surface area contributed by atoms with Crippen molar-refractivity contribution in [1.29, 1.82) is 0 Å². The maximum absolute atomic E-state index is 12.7. The highest BCUT2D eigenvalue weighted by Gasteiger charge is 2.27. The van der Waals surface area contributed by atoms with E-state index in [1.54, 1.807) is 29.2 Å². The number of halogens is 1. The summed E-state index contributed by atoms with van der Waals surface area (Å²) in [6, 6.07) is 12.4. The average Bonchev–Trinajstić information content (AvgIpc) is 2.90. The van der Waals surface area contributed by atoms with Crippen LogP contribution in [0.15, 0.2) is 42.5 Å². The van der Waals surface area contributed by atoms with Crippen molar-refractivity contribution < 1.29 is 14.7 Å². The van der Waals surface area contributed by atoms with Crippen molar-refractivity contribution in [2.75, 3.05) is 11.4 Å². The van der Waals surface area contributed by atoms with Crippen molar-refractivity contribution >= 4 is 40.2 Å². The Morgan fingerprint density at radius 1 is 1.14 bits per heavy atom. The van der Waals surface area contributed by atoms with Gasteiger partial charge < -0.3 is 10.0 Å². The molecule has 1 heterocycles. The largest absolute Gasteiger partial charge is 0.478 e. The molecule has 0 atom stereocenters. The lowest BCUT2D eigenvalue weighted by Crippen LogP contribution is -2.29. The molecule has 0 unspecified atom stereocenters. The average molecular weight is 393 g/mol. The lowest BCUT2D eigenvalue weighted by molar-refractivity contribution is 0.0696. The van der Waals surface area contributed by atoms with Gasteiger partial charge in [-0.2, -0.15) is 0 Å². The maximum atomic E-state index is 12.7. The Labute approximate surface area is 135 Å². The summed E-state index contributed by atoms with van der Waals surface area (Å²) >= 11 is 2.14. The third-order valence-corrected chi connectivity index (χ3v) is 4.52. The van der Waals surface area contributed by atoms with Crippen molar-refractivity contribution in [3.8, 4) is 0 Å². The molecular weight excluding hydrogens is 381 g/mol. The van der Waals surface area contributed by atoms with Crippen LogP contribution >= 0.6 is 22.6 Å². The number of anilines is 1. The van der Waals surface area contributed by atoms with E-state index in [-0.39, 0.29) is 11.5 Å². The first-order valence-electron chi connectivity index (χ1n) is 6.50. The summed E-state index contributed by atoms with van der Waals surface area (Å²) in [7, 11) is 0. The second-order valence-corrected chi connectivity index (χ2v) is 6.00. The van der Waals surface area contributed by atoms with Gasteiger partial charge in [0.25, 0.3) is 5.91 Å². The number of benzene rings is 2. The fraction of sp³-hybridized carbons (Fsp3) is 0.125. The number of carbonyl (C=O) groups is 2. The van der Waals surface area contributed by atoms with Crippen LogP contribution in [-0.2, 0) is 6.42 Å². The van der Waals surface area contributed by atoms with Gasteiger partial charge in [0.15, 0.2) is 0 Å². The van der Waals surface area contributed by atoms with E-state index < -0.39 is 5.97 Å². The van der Waals surface area contributed by atoms with Crippen LogP contribution in [0.1, 0.15) is 26.3 Å². The number of aromatic carboxylic acids is 1. The minimum Gasteiger partial charge on any atom is -0.478 e. The first-order valence-corrected chi connectivity index (χ1v) is 7.58. The van der Waals surface area contributed by atoms with Crippen molar-refractivity contribution in [3.63, 3.8) is 0 Å². The van der Waals surface area contributed by atoms with Crippen molar-refractivity contribution in [2.45, 2.75) is 6.42 Å². The van der Waals surface area contributed by atoms with E-state index in [1.807, 2.05) is 18.2 Å². The van der Waals surface area contributed by atoms with Crippen LogP contribution in [0.4, 0.5) is 5.69 Å². The van der Waals surface area contributed by atoms with Gasteiger partial charge in [0.05, 0.1) is 11.1 Å². The highest BCUT2D eigenvalue weighted by Crippen LogP contribution is 2.31. The molecule has 0 bridgehead atoms. The van der Waals surface area contributed by atoms with Crippen LogP contribution in [-0.4, -0.2) is 23.5 Å². The van der Waals surface area contributed by atoms with Crippen LogP contribution in [0.5, 0.6) is 0 Å². The van der Waals surface area contributed by atoms with E-state index in [9.17, 15) is 9.59 Å². The van der Waals surface area contributed by atoms with E-state index in [0.29, 0.717) is 17.8 Å². The lowest BCUT2D eigenvalue weighted by atomic mass is 10.1. The number of nitrogens with zero attached hydrogens (tertiary/aromatic N) is 1. The number of hydrogen-bond donors (Lipinski definition) is 1. The molecule has 1 aliphatic rings. The second-order valence-electron chi connectivity index (χ2n) is 4.84. The Bertz CT molecular complexity index is 742. The molecule has 0 aromatic heterocycles. The molecule has 2 aromatic rings. The molecule has 0 aliphatic carbocycles. The van der Waals surface area contributed by atoms with Gasteiger partial charge in [-0.05, 0) is 58.8 Å². The fourth-order valence-electron chi connectivity index (χ4n) is 2.50. The summed E-state index contributed by atoms with van der Waals surface area (Å²) in [6.45, 7) is 0.586. The summed E-state index contributed by atoms with van der Waals surface area (Å²) in [4.78, 5) is 25.4. The van der Waals surface area contributed by atoms with Gasteiger partial charge in [-0.1, -0.05) is 18.2 Å². The van der Waals surface area contributed by atoms with Gasteiger partial charge >= 0.3 is 5.97 Å². The Morgan fingerprint density at radius 2 is 1.90 bits per heavy atom. The first-order chi connectivity index (χ1) is 10.1. The highest BCUT2D eigenvalue weighted by molar-refractivity contribution is 14.1. The quantitative estimate of drug-likeness (QED) is 0.798. The van der Waals surface area contributed by atoms with Gasteiger partial charge in [-0.15, -0.1) is 0 Å². The lowest BCUT2D eigenvalue weighted by Gasteiger charge is -2.18. The molecule has 0 spiro atoms. The minimum absolute atomic E-state index is 0.0821. The van der Waals surface area contributed by atoms with Crippen LogP contribution in [0, 0.1) is 3.57 Å². The van der Waals surface area contributed by atoms with Gasteiger partial charge in [-0.3, -0.25) is 4.79 Å². The summed E-state index contributed by atoms with van der Waals surface area (Å²) < 4.78 is 0.892. The molecule has 1 N–H and O–H groups in total. The number of rotatable bonds is 2. The monoisotopic (exact) mass is 393 g/mol. The summed E-state index contributed by atoms with van der Waals surface area (Å²) in [5.41, 5.74) is 2.57. The van der Waals surface area contributed by atoms with E-state index >= 15 is 0 Å². The molecule has 1 aliphatic heterocycles. The van der Waals surface area contributed by atoms with E-state index in [0.717, 1.165) is 15.6 Å². The Hall–Kier alpha value is -1.89. The number of carbonyl (C=O) groups excluding carboxylic acids is 1. The fourth-order valence-corrected chi connectivity index (χ4v) is 3.12. The van der Waals surface area contributed by atoms with Gasteiger partial charge in [-0.25, -0.2) is 4.79 Å². The van der Waals surface area contributed by atoms with Crippen LogP contribution < -0.4 is 4.90 Å². The molecule has 4 nitrogen and oxygen atoms in total. The predicted octanol–water partition coefficient (Wildman–Crippen LogP) is 3.19. The number of fused-ring (bicyclic) bond motifs is 1. The topological polar surface area (TPSA) is 57.6 Å². The number of amides is 1. The number of carboxylic acid groups (broad SMARTS) is 1. The smallest absolute Gasteiger partial charge is 0.335 e. The molecule has 0 radical (unpaired) electrons. The molecule has 21 heavy (non-hydrogen) atoms. The zero-order valence-corrected chi connectivity index (χ0v) is 13.2. The normalized spacial score (nSPS) is 13.1. The van der Waals surface area contributed by atoms with E-state index in [2.05, 4.69) is 22.6 Å². The van der Waals surface area contributed by atoms with Crippen LogP contribution in [0.3, 0.4) is 0 Å². The molecule has 0 fully saturated rings. The molecular formula is C16H12INO3. The predicted molar refractivity (Wildman–Crippen MR) is 87.9 cm³/mol. The molecule has 0 saturated carbocycles. The zero-order chi connectivity index (χ0) is 15.0. The molecule has 2 aromatic carbocycles.